The molecule has 1 N–H and O–H groups in total. The zero-order chi connectivity index (χ0) is 19.0. The summed E-state index contributed by atoms with van der Waals surface area (Å²) in [6.45, 7) is 1.91. The Balaban J connectivity index is 1.84. The van der Waals surface area contributed by atoms with Crippen LogP contribution in [0.2, 0.25) is 10.0 Å². The van der Waals surface area contributed by atoms with Gasteiger partial charge in [0.2, 0.25) is 0 Å². The van der Waals surface area contributed by atoms with Crippen molar-refractivity contribution in [2.24, 2.45) is 0 Å². The van der Waals surface area contributed by atoms with Crippen LogP contribution in [-0.2, 0) is 0 Å². The number of fused-ring (bicyclic) bond motifs is 1. The average Bonchev–Trinajstić information content (AvgIpc) is 3.18. The van der Waals surface area contributed by atoms with Gasteiger partial charge in [-0.05, 0) is 30.7 Å². The molecule has 2 aromatic heterocycles. The van der Waals surface area contributed by atoms with Gasteiger partial charge in [-0.3, -0.25) is 9.78 Å². The van der Waals surface area contributed by atoms with Crippen LogP contribution in [0.15, 0.2) is 61.3 Å². The highest BCUT2D eigenvalue weighted by atomic mass is 35.5. The molecule has 0 aliphatic carbocycles. The molecule has 7 heteroatoms. The SMILES string of the molecule is Cc1ccc2c(-n3ccnc3)ccnc2c1NC(=O)c1c(Cl)cccc1Cl. The highest BCUT2D eigenvalue weighted by Gasteiger charge is 2.18. The maximum absolute atomic E-state index is 12.8. The first-order valence-corrected chi connectivity index (χ1v) is 8.94. The number of halogens is 2. The second-order valence-corrected chi connectivity index (χ2v) is 6.82. The van der Waals surface area contributed by atoms with Crippen LogP contribution in [0.25, 0.3) is 16.6 Å². The molecule has 0 saturated carbocycles. The Labute approximate surface area is 165 Å². The lowest BCUT2D eigenvalue weighted by Gasteiger charge is -2.14. The molecule has 134 valence electrons. The molecule has 0 fully saturated rings. The molecule has 4 rings (SSSR count). The van der Waals surface area contributed by atoms with E-state index in [1.807, 2.05) is 35.9 Å². The molecule has 4 aromatic rings. The van der Waals surface area contributed by atoms with Gasteiger partial charge in [-0.1, -0.05) is 41.4 Å². The van der Waals surface area contributed by atoms with Gasteiger partial charge >= 0.3 is 0 Å². The van der Waals surface area contributed by atoms with Crippen molar-refractivity contribution in [2.75, 3.05) is 5.32 Å². The largest absolute Gasteiger partial charge is 0.320 e. The fraction of sp³-hybridized carbons (Fsp3) is 0.0500. The van der Waals surface area contributed by atoms with Crippen LogP contribution >= 0.6 is 23.2 Å². The first-order chi connectivity index (χ1) is 13.1. The number of rotatable bonds is 3. The zero-order valence-electron chi connectivity index (χ0n) is 14.3. The van der Waals surface area contributed by atoms with Crippen LogP contribution in [0.5, 0.6) is 0 Å². The van der Waals surface area contributed by atoms with Gasteiger partial charge in [0.25, 0.3) is 5.91 Å². The second kappa shape index (κ2) is 7.02. The molecule has 2 aromatic carbocycles. The summed E-state index contributed by atoms with van der Waals surface area (Å²) in [5, 5.41) is 4.41. The van der Waals surface area contributed by atoms with E-state index in [1.54, 1.807) is 36.9 Å². The number of carbonyl (C=O) groups is 1. The van der Waals surface area contributed by atoms with Gasteiger partial charge in [0.1, 0.15) is 0 Å². The first kappa shape index (κ1) is 17.5. The highest BCUT2D eigenvalue weighted by Crippen LogP contribution is 2.31. The third-order valence-corrected chi connectivity index (χ3v) is 4.94. The monoisotopic (exact) mass is 396 g/mol. The van der Waals surface area contributed by atoms with Crippen molar-refractivity contribution >= 4 is 45.7 Å². The van der Waals surface area contributed by atoms with E-state index in [0.717, 1.165) is 16.6 Å². The van der Waals surface area contributed by atoms with Gasteiger partial charge in [0.15, 0.2) is 0 Å². The third kappa shape index (κ3) is 3.16. The molecule has 0 aliphatic heterocycles. The molecule has 5 nitrogen and oxygen atoms in total. The minimum absolute atomic E-state index is 0.239. The van der Waals surface area contributed by atoms with Crippen molar-refractivity contribution in [2.45, 2.75) is 6.92 Å². The fourth-order valence-corrected chi connectivity index (χ4v) is 3.55. The summed E-state index contributed by atoms with van der Waals surface area (Å²) in [7, 11) is 0. The number of aromatic nitrogens is 3. The van der Waals surface area contributed by atoms with E-state index in [2.05, 4.69) is 15.3 Å². The van der Waals surface area contributed by atoms with Crippen LogP contribution in [-0.4, -0.2) is 20.4 Å². The molecule has 0 unspecified atom stereocenters. The van der Waals surface area contributed by atoms with Gasteiger partial charge < -0.3 is 9.88 Å². The number of amides is 1. The van der Waals surface area contributed by atoms with Gasteiger partial charge in [-0.25, -0.2) is 4.98 Å². The minimum atomic E-state index is -0.379. The van der Waals surface area contributed by atoms with Crippen LogP contribution in [0.1, 0.15) is 15.9 Å². The third-order valence-electron chi connectivity index (χ3n) is 4.31. The number of nitrogens with one attached hydrogen (secondary N) is 1. The number of aryl methyl sites for hydroxylation is 1. The van der Waals surface area contributed by atoms with Crippen molar-refractivity contribution in [3.63, 3.8) is 0 Å². The fourth-order valence-electron chi connectivity index (χ4n) is 2.98. The number of hydrogen-bond acceptors (Lipinski definition) is 3. The predicted molar refractivity (Wildman–Crippen MR) is 108 cm³/mol. The van der Waals surface area contributed by atoms with E-state index >= 15 is 0 Å². The number of hydrogen-bond donors (Lipinski definition) is 1. The number of nitrogens with zero attached hydrogens (tertiary/aromatic N) is 3. The summed E-state index contributed by atoms with van der Waals surface area (Å²) < 4.78 is 1.90. The van der Waals surface area contributed by atoms with Crippen LogP contribution < -0.4 is 5.32 Å². The lowest BCUT2D eigenvalue weighted by atomic mass is 10.1. The number of carbonyl (C=O) groups excluding carboxylic acids is 1. The maximum atomic E-state index is 12.8. The lowest BCUT2D eigenvalue weighted by molar-refractivity contribution is 0.102. The molecule has 0 aliphatic rings. The summed E-state index contributed by atoms with van der Waals surface area (Å²) in [5.74, 6) is -0.379. The summed E-state index contributed by atoms with van der Waals surface area (Å²) in [6, 6.07) is 10.8. The molecule has 0 bridgehead atoms. The van der Waals surface area contributed by atoms with E-state index < -0.39 is 0 Å². The Kier molecular flexibility index (Phi) is 4.56. The summed E-state index contributed by atoms with van der Waals surface area (Å²) in [6.07, 6.45) is 6.99. The molecule has 0 spiro atoms. The second-order valence-electron chi connectivity index (χ2n) is 6.00. The average molecular weight is 397 g/mol. The zero-order valence-corrected chi connectivity index (χ0v) is 15.8. The van der Waals surface area contributed by atoms with E-state index in [9.17, 15) is 4.79 Å². The molecule has 2 heterocycles. The summed E-state index contributed by atoms with van der Waals surface area (Å²) in [5.41, 5.74) is 3.34. The van der Waals surface area contributed by atoms with Crippen molar-refractivity contribution in [3.05, 3.63) is 82.5 Å². The van der Waals surface area contributed by atoms with E-state index in [4.69, 9.17) is 23.2 Å². The normalized spacial score (nSPS) is 10.9. The number of pyridine rings is 1. The van der Waals surface area contributed by atoms with Gasteiger partial charge in [0, 0.05) is 24.0 Å². The van der Waals surface area contributed by atoms with Gasteiger partial charge in [0.05, 0.1) is 38.8 Å². The smallest absolute Gasteiger partial charge is 0.258 e. The Morgan fingerprint density at radius 1 is 1.07 bits per heavy atom. The maximum Gasteiger partial charge on any atom is 0.258 e. The molecule has 0 saturated heterocycles. The van der Waals surface area contributed by atoms with Crippen LogP contribution in [0.3, 0.4) is 0 Å². The van der Waals surface area contributed by atoms with Crippen molar-refractivity contribution in [1.29, 1.82) is 0 Å². The quantitative estimate of drug-likeness (QED) is 0.511. The van der Waals surface area contributed by atoms with Crippen LogP contribution in [0.4, 0.5) is 5.69 Å². The molecule has 27 heavy (non-hydrogen) atoms. The van der Waals surface area contributed by atoms with Crippen molar-refractivity contribution < 1.29 is 4.79 Å². The minimum Gasteiger partial charge on any atom is -0.320 e. The van der Waals surface area contributed by atoms with Gasteiger partial charge in [-0.15, -0.1) is 0 Å². The number of benzene rings is 2. The lowest BCUT2D eigenvalue weighted by Crippen LogP contribution is -2.14. The molecule has 1 amide bonds. The highest BCUT2D eigenvalue weighted by molar-refractivity contribution is 6.40. The van der Waals surface area contributed by atoms with E-state index in [1.165, 1.54) is 0 Å². The first-order valence-electron chi connectivity index (χ1n) is 8.18. The predicted octanol–water partition coefficient (Wildman–Crippen LogP) is 5.29. The molecular formula is C20H14Cl2N4O. The van der Waals surface area contributed by atoms with Gasteiger partial charge in [-0.2, -0.15) is 0 Å². The number of imidazole rings is 1. The molecule has 0 radical (unpaired) electrons. The number of anilines is 1. The Hall–Kier alpha value is -2.89. The molecule has 0 atom stereocenters. The standard InChI is InChI=1S/C20H14Cl2N4O/c1-12-5-6-13-16(26-10-9-23-11-26)7-8-24-19(13)18(12)25-20(27)17-14(21)3-2-4-15(17)22/h2-11H,1H3,(H,25,27). The topological polar surface area (TPSA) is 59.8 Å². The Bertz CT molecular complexity index is 1140. The summed E-state index contributed by atoms with van der Waals surface area (Å²) >= 11 is 12.3. The summed E-state index contributed by atoms with van der Waals surface area (Å²) in [4.78, 5) is 21.4. The Morgan fingerprint density at radius 2 is 1.85 bits per heavy atom. The van der Waals surface area contributed by atoms with E-state index in [0.29, 0.717) is 21.2 Å². The van der Waals surface area contributed by atoms with Crippen molar-refractivity contribution in [1.82, 2.24) is 14.5 Å². The Morgan fingerprint density at radius 3 is 2.56 bits per heavy atom. The molecular weight excluding hydrogens is 383 g/mol. The van der Waals surface area contributed by atoms with Crippen LogP contribution in [0, 0.1) is 6.92 Å². The van der Waals surface area contributed by atoms with Crippen molar-refractivity contribution in [3.8, 4) is 5.69 Å². The van der Waals surface area contributed by atoms with E-state index in [-0.39, 0.29) is 11.5 Å².